The molecule has 0 N–H and O–H groups in total. The van der Waals surface area contributed by atoms with E-state index < -0.39 is 6.09 Å². The van der Waals surface area contributed by atoms with Crippen LogP contribution in [0.15, 0.2) is 24.4 Å². The van der Waals surface area contributed by atoms with Crippen LogP contribution in [0.5, 0.6) is 0 Å². The lowest BCUT2D eigenvalue weighted by molar-refractivity contribution is -0.127. The SMILES string of the molecule is CCCCCCCCCCCCCCCCCCOCCSCCOC(=O)N(Cc1ccccn1)C(C)=O. The van der Waals surface area contributed by atoms with Crippen LogP contribution in [0, 0.1) is 0 Å². The predicted molar refractivity (Wildman–Crippen MR) is 159 cm³/mol. The fraction of sp³-hybridized carbons (Fsp3) is 0.774. The molecule has 0 aromatic carbocycles. The zero-order valence-corrected chi connectivity index (χ0v) is 25.1. The van der Waals surface area contributed by atoms with E-state index in [2.05, 4.69) is 11.9 Å². The minimum absolute atomic E-state index is 0.120. The summed E-state index contributed by atoms with van der Waals surface area (Å²) in [6, 6.07) is 5.40. The maximum atomic E-state index is 12.2. The molecule has 0 unspecified atom stereocenters. The summed E-state index contributed by atoms with van der Waals surface area (Å²) >= 11 is 1.69. The number of ether oxygens (including phenoxy) is 2. The second-order valence-corrected chi connectivity index (χ2v) is 11.3. The summed E-state index contributed by atoms with van der Waals surface area (Å²) in [5, 5.41) is 0. The molecule has 1 aromatic rings. The van der Waals surface area contributed by atoms with E-state index in [9.17, 15) is 9.59 Å². The monoisotopic (exact) mass is 550 g/mol. The van der Waals surface area contributed by atoms with Crippen LogP contribution < -0.4 is 0 Å². The van der Waals surface area contributed by atoms with Crippen LogP contribution in [-0.2, 0) is 20.8 Å². The molecule has 2 amide bonds. The molecule has 1 rings (SSSR count). The Labute approximate surface area is 237 Å². The number of amides is 2. The molecule has 1 heterocycles. The lowest BCUT2D eigenvalue weighted by Gasteiger charge is -2.18. The lowest BCUT2D eigenvalue weighted by atomic mass is 10.0. The summed E-state index contributed by atoms with van der Waals surface area (Å²) in [4.78, 5) is 29.3. The Kier molecular flexibility index (Phi) is 23.3. The summed E-state index contributed by atoms with van der Waals surface area (Å²) in [6.45, 7) is 5.58. The van der Waals surface area contributed by atoms with Gasteiger partial charge in [-0.3, -0.25) is 9.78 Å². The first-order chi connectivity index (χ1) is 18.6. The maximum absolute atomic E-state index is 12.2. The van der Waals surface area contributed by atoms with Crippen LogP contribution in [0.4, 0.5) is 4.79 Å². The molecule has 0 radical (unpaired) electrons. The van der Waals surface area contributed by atoms with Gasteiger partial charge in [0.05, 0.1) is 18.8 Å². The van der Waals surface area contributed by atoms with Gasteiger partial charge >= 0.3 is 6.09 Å². The highest BCUT2D eigenvalue weighted by Crippen LogP contribution is 2.14. The van der Waals surface area contributed by atoms with Gasteiger partial charge in [-0.25, -0.2) is 9.69 Å². The Hall–Kier alpha value is -1.60. The molecule has 0 aliphatic heterocycles. The molecule has 6 nitrogen and oxygen atoms in total. The third kappa shape index (κ3) is 20.4. The van der Waals surface area contributed by atoms with E-state index in [1.54, 1.807) is 30.1 Å². The number of hydrogen-bond acceptors (Lipinski definition) is 6. The summed E-state index contributed by atoms with van der Waals surface area (Å²) in [6.07, 6.45) is 23.1. The molecule has 0 atom stereocenters. The third-order valence-electron chi connectivity index (χ3n) is 6.61. The van der Waals surface area contributed by atoms with E-state index in [-0.39, 0.29) is 19.1 Å². The van der Waals surface area contributed by atoms with Crippen LogP contribution in [0.3, 0.4) is 0 Å². The molecule has 0 aliphatic rings. The summed E-state index contributed by atoms with van der Waals surface area (Å²) in [5.74, 6) is 1.21. The van der Waals surface area contributed by atoms with Crippen molar-refractivity contribution in [1.82, 2.24) is 9.88 Å². The van der Waals surface area contributed by atoms with E-state index in [4.69, 9.17) is 9.47 Å². The van der Waals surface area contributed by atoms with Gasteiger partial charge in [-0.05, 0) is 18.6 Å². The largest absolute Gasteiger partial charge is 0.448 e. The summed E-state index contributed by atoms with van der Waals surface area (Å²) < 4.78 is 11.0. The van der Waals surface area contributed by atoms with Crippen molar-refractivity contribution in [2.45, 2.75) is 123 Å². The molecule has 0 bridgehead atoms. The Balaban J connectivity index is 1.82. The third-order valence-corrected chi connectivity index (χ3v) is 7.52. The van der Waals surface area contributed by atoms with Crippen molar-refractivity contribution in [3.05, 3.63) is 30.1 Å². The molecule has 218 valence electrons. The minimum Gasteiger partial charge on any atom is -0.448 e. The second kappa shape index (κ2) is 25.7. The van der Waals surface area contributed by atoms with Gasteiger partial charge in [-0.2, -0.15) is 11.8 Å². The number of unbranched alkanes of at least 4 members (excludes halogenated alkanes) is 15. The number of carbonyl (C=O) groups excluding carboxylic acids is 2. The number of hydrogen-bond donors (Lipinski definition) is 0. The van der Waals surface area contributed by atoms with Crippen LogP contribution in [0.2, 0.25) is 0 Å². The van der Waals surface area contributed by atoms with Crippen LogP contribution in [0.1, 0.15) is 122 Å². The lowest BCUT2D eigenvalue weighted by Crippen LogP contribution is -2.35. The Morgan fingerprint density at radius 2 is 1.32 bits per heavy atom. The Morgan fingerprint density at radius 3 is 1.84 bits per heavy atom. The number of rotatable bonds is 25. The van der Waals surface area contributed by atoms with Crippen molar-refractivity contribution in [3.8, 4) is 0 Å². The highest BCUT2D eigenvalue weighted by molar-refractivity contribution is 7.99. The number of imide groups is 1. The van der Waals surface area contributed by atoms with Gasteiger partial charge in [-0.1, -0.05) is 109 Å². The van der Waals surface area contributed by atoms with E-state index in [0.717, 1.165) is 30.3 Å². The Morgan fingerprint density at radius 1 is 0.763 bits per heavy atom. The minimum atomic E-state index is -0.622. The van der Waals surface area contributed by atoms with E-state index in [1.807, 2.05) is 6.07 Å². The second-order valence-electron chi connectivity index (χ2n) is 10.1. The molecule has 0 fully saturated rings. The van der Waals surface area contributed by atoms with Crippen LogP contribution in [-0.4, -0.2) is 53.2 Å². The standard InChI is InChI=1S/C31H54N2O4S/c1-3-4-5-6-7-8-9-10-11-12-13-14-15-16-17-20-23-36-24-26-38-27-25-37-31(35)33(29(2)34)28-30-21-18-19-22-32-30/h18-19,21-22H,3-17,20,23-28H2,1-2H3. The van der Waals surface area contributed by atoms with Crippen LogP contribution in [0.25, 0.3) is 0 Å². The fourth-order valence-corrected chi connectivity index (χ4v) is 4.94. The smallest absolute Gasteiger partial charge is 0.416 e. The van der Waals surface area contributed by atoms with Gasteiger partial charge in [0.25, 0.3) is 0 Å². The molecule has 0 aliphatic carbocycles. The van der Waals surface area contributed by atoms with Crippen molar-refractivity contribution in [3.63, 3.8) is 0 Å². The van der Waals surface area contributed by atoms with Gasteiger partial charge in [0, 0.05) is 31.2 Å². The average molecular weight is 551 g/mol. The molecular weight excluding hydrogens is 496 g/mol. The number of aromatic nitrogens is 1. The highest BCUT2D eigenvalue weighted by atomic mass is 32.2. The van der Waals surface area contributed by atoms with Gasteiger partial charge in [-0.15, -0.1) is 0 Å². The highest BCUT2D eigenvalue weighted by Gasteiger charge is 2.20. The van der Waals surface area contributed by atoms with E-state index in [0.29, 0.717) is 11.4 Å². The van der Waals surface area contributed by atoms with Crippen molar-refractivity contribution in [2.24, 2.45) is 0 Å². The first-order valence-electron chi connectivity index (χ1n) is 15.2. The number of carbonyl (C=O) groups is 2. The zero-order valence-electron chi connectivity index (χ0n) is 24.3. The van der Waals surface area contributed by atoms with E-state index in [1.165, 1.54) is 103 Å². The molecule has 7 heteroatoms. The number of nitrogens with zero attached hydrogens (tertiary/aromatic N) is 2. The quantitative estimate of drug-likeness (QED) is 0.114. The average Bonchev–Trinajstić information content (AvgIpc) is 2.92. The maximum Gasteiger partial charge on any atom is 0.416 e. The molecule has 0 spiro atoms. The number of thioether (sulfide) groups is 1. The fourth-order valence-electron chi connectivity index (χ4n) is 4.30. The first kappa shape index (κ1) is 34.4. The topological polar surface area (TPSA) is 68.7 Å². The predicted octanol–water partition coefficient (Wildman–Crippen LogP) is 8.58. The Bertz CT molecular complexity index is 690. The van der Waals surface area contributed by atoms with Gasteiger partial charge in [0.1, 0.15) is 6.61 Å². The van der Waals surface area contributed by atoms with Crippen molar-refractivity contribution < 1.29 is 19.1 Å². The normalized spacial score (nSPS) is 11.0. The zero-order chi connectivity index (χ0) is 27.5. The van der Waals surface area contributed by atoms with Crippen LogP contribution >= 0.6 is 11.8 Å². The van der Waals surface area contributed by atoms with Gasteiger partial charge in [0.15, 0.2) is 0 Å². The summed E-state index contributed by atoms with van der Waals surface area (Å²) in [7, 11) is 0. The van der Waals surface area contributed by atoms with E-state index >= 15 is 0 Å². The molecule has 0 saturated heterocycles. The van der Waals surface area contributed by atoms with Crippen molar-refractivity contribution in [2.75, 3.05) is 31.3 Å². The molecule has 38 heavy (non-hydrogen) atoms. The first-order valence-corrected chi connectivity index (χ1v) is 16.3. The van der Waals surface area contributed by atoms with Gasteiger partial charge < -0.3 is 9.47 Å². The number of pyridine rings is 1. The van der Waals surface area contributed by atoms with Crippen molar-refractivity contribution in [1.29, 1.82) is 0 Å². The molecule has 1 aromatic heterocycles. The van der Waals surface area contributed by atoms with Gasteiger partial charge in [0.2, 0.25) is 5.91 Å². The molecule has 0 saturated carbocycles. The molecular formula is C31H54N2O4S. The summed E-state index contributed by atoms with van der Waals surface area (Å²) in [5.41, 5.74) is 0.649. The van der Waals surface area contributed by atoms with Crippen molar-refractivity contribution >= 4 is 23.8 Å².